The van der Waals surface area contributed by atoms with Gasteiger partial charge in [-0.25, -0.2) is 18.0 Å². The number of carbonyl (C=O) groups is 3. The van der Waals surface area contributed by atoms with Gasteiger partial charge in [0, 0.05) is 11.1 Å². The number of para-hydroxylation sites is 1. The van der Waals surface area contributed by atoms with Crippen molar-refractivity contribution < 1.29 is 32.3 Å². The molecule has 2 aromatic carbocycles. The number of hydrogen-bond donors (Lipinski definition) is 2. The van der Waals surface area contributed by atoms with Gasteiger partial charge in [-0.3, -0.25) is 14.6 Å². The molecule has 182 valence electrons. The van der Waals surface area contributed by atoms with Crippen molar-refractivity contribution in [2.45, 2.75) is 32.1 Å². The molecule has 0 saturated heterocycles. The van der Waals surface area contributed by atoms with E-state index in [0.717, 1.165) is 43.0 Å². The van der Waals surface area contributed by atoms with E-state index in [2.05, 4.69) is 5.32 Å². The number of anilines is 1. The van der Waals surface area contributed by atoms with Crippen LogP contribution in [0.25, 0.3) is 10.9 Å². The third kappa shape index (κ3) is 5.42. The fraction of sp³-hybridized carbons (Fsp3) is 0.280. The number of hydrogen-bond acceptors (Lipinski definition) is 5. The molecule has 7 nitrogen and oxygen atoms in total. The van der Waals surface area contributed by atoms with Gasteiger partial charge in [0.2, 0.25) is 5.91 Å². The number of fused-ring (bicyclic) bond motifs is 2. The maximum Gasteiger partial charge on any atom is 0.339 e. The van der Waals surface area contributed by atoms with Crippen LogP contribution in [0.5, 0.6) is 0 Å². The molecule has 0 unspecified atom stereocenters. The van der Waals surface area contributed by atoms with E-state index in [1.807, 2.05) is 17.4 Å². The number of esters is 1. The molecule has 2 N–H and O–H groups in total. The van der Waals surface area contributed by atoms with Crippen molar-refractivity contribution in [3.05, 3.63) is 70.7 Å². The van der Waals surface area contributed by atoms with Crippen molar-refractivity contribution in [1.29, 1.82) is 0 Å². The standard InChI is InChI=1S/C25H22F3N3O4/c26-16-10-11-19(24(28)23(16)27)31-20(32)12-29-21(33)13-35-25(34)22-14-6-2-1-3-8-17(14)30-18-9-5-4-7-15(18)22/h4-5,7,9-11H,1-3,6,8,12-13H2,(H,29,33)(H,31,32). The number of halogens is 3. The molecule has 0 saturated carbocycles. The van der Waals surface area contributed by atoms with Crippen LogP contribution >= 0.6 is 0 Å². The summed E-state index contributed by atoms with van der Waals surface area (Å²) in [6, 6.07) is 8.75. The van der Waals surface area contributed by atoms with Gasteiger partial charge in [0.25, 0.3) is 5.91 Å². The second-order valence-electron chi connectivity index (χ2n) is 8.11. The van der Waals surface area contributed by atoms with Crippen molar-refractivity contribution in [3.63, 3.8) is 0 Å². The average Bonchev–Trinajstić information content (AvgIpc) is 3.10. The molecule has 4 rings (SSSR count). The highest BCUT2D eigenvalue weighted by Gasteiger charge is 2.23. The minimum absolute atomic E-state index is 0.395. The van der Waals surface area contributed by atoms with Crippen molar-refractivity contribution in [1.82, 2.24) is 10.3 Å². The van der Waals surface area contributed by atoms with Gasteiger partial charge in [0.05, 0.1) is 23.3 Å². The molecule has 0 fully saturated rings. The van der Waals surface area contributed by atoms with Crippen molar-refractivity contribution in [2.75, 3.05) is 18.5 Å². The van der Waals surface area contributed by atoms with Crippen LogP contribution in [-0.2, 0) is 27.2 Å². The van der Waals surface area contributed by atoms with Gasteiger partial charge in [-0.2, -0.15) is 0 Å². The smallest absolute Gasteiger partial charge is 0.339 e. The maximum absolute atomic E-state index is 13.7. The second-order valence-corrected chi connectivity index (χ2v) is 8.11. The summed E-state index contributed by atoms with van der Waals surface area (Å²) >= 11 is 0. The Hall–Kier alpha value is -3.95. The Bertz CT molecular complexity index is 1310. The highest BCUT2D eigenvalue weighted by Crippen LogP contribution is 2.29. The monoisotopic (exact) mass is 485 g/mol. The van der Waals surface area contributed by atoms with E-state index in [1.54, 1.807) is 12.1 Å². The minimum Gasteiger partial charge on any atom is -0.452 e. The SMILES string of the molecule is O=C(COC(=O)c1c2c(nc3ccccc13)CCCCC2)NCC(=O)Nc1ccc(F)c(F)c1F. The van der Waals surface area contributed by atoms with Crippen molar-refractivity contribution >= 4 is 34.4 Å². The lowest BCUT2D eigenvalue weighted by atomic mass is 9.97. The number of pyridine rings is 1. The number of rotatable bonds is 6. The first-order valence-electron chi connectivity index (χ1n) is 11.1. The van der Waals surface area contributed by atoms with Gasteiger partial charge >= 0.3 is 5.97 Å². The summed E-state index contributed by atoms with van der Waals surface area (Å²) in [4.78, 5) is 41.8. The van der Waals surface area contributed by atoms with Crippen LogP contribution in [0.2, 0.25) is 0 Å². The average molecular weight is 485 g/mol. The molecule has 1 aromatic heterocycles. The van der Waals surface area contributed by atoms with Crippen LogP contribution in [0, 0.1) is 17.5 Å². The molecule has 0 spiro atoms. The lowest BCUT2D eigenvalue weighted by Gasteiger charge is -2.15. The first-order chi connectivity index (χ1) is 16.8. The summed E-state index contributed by atoms with van der Waals surface area (Å²) in [5.74, 6) is -6.97. The van der Waals surface area contributed by atoms with Gasteiger partial charge in [0.15, 0.2) is 24.1 Å². The van der Waals surface area contributed by atoms with Crippen molar-refractivity contribution in [2.24, 2.45) is 0 Å². The fourth-order valence-corrected chi connectivity index (χ4v) is 4.03. The van der Waals surface area contributed by atoms with Crippen LogP contribution < -0.4 is 10.6 Å². The van der Waals surface area contributed by atoms with Crippen LogP contribution in [-0.4, -0.2) is 35.9 Å². The first kappa shape index (κ1) is 24.2. The lowest BCUT2D eigenvalue weighted by molar-refractivity contribution is -0.126. The molecule has 10 heteroatoms. The molecule has 1 aliphatic carbocycles. The normalized spacial score (nSPS) is 13.0. The van der Waals surface area contributed by atoms with E-state index in [4.69, 9.17) is 9.72 Å². The number of aromatic nitrogens is 1. The Morgan fingerprint density at radius 2 is 1.69 bits per heavy atom. The molecular weight excluding hydrogens is 463 g/mol. The molecule has 3 aromatic rings. The molecule has 1 aliphatic rings. The number of aryl methyl sites for hydroxylation is 1. The fourth-order valence-electron chi connectivity index (χ4n) is 4.03. The zero-order chi connectivity index (χ0) is 24.9. The summed E-state index contributed by atoms with van der Waals surface area (Å²) in [5, 5.41) is 4.91. The zero-order valence-electron chi connectivity index (χ0n) is 18.6. The molecule has 2 amide bonds. The molecule has 0 bridgehead atoms. The molecule has 0 radical (unpaired) electrons. The topological polar surface area (TPSA) is 97.4 Å². The number of nitrogens with zero attached hydrogens (tertiary/aromatic N) is 1. The summed E-state index contributed by atoms with van der Waals surface area (Å²) in [7, 11) is 0. The molecule has 0 aliphatic heterocycles. The number of amides is 2. The molecule has 1 heterocycles. The van der Waals surface area contributed by atoms with Crippen LogP contribution in [0.4, 0.5) is 18.9 Å². The summed E-state index contributed by atoms with van der Waals surface area (Å²) < 4.78 is 45.2. The third-order valence-corrected chi connectivity index (χ3v) is 5.71. The first-order valence-corrected chi connectivity index (χ1v) is 11.1. The van der Waals surface area contributed by atoms with E-state index >= 15 is 0 Å². The number of carbonyl (C=O) groups excluding carboxylic acids is 3. The van der Waals surface area contributed by atoms with E-state index in [9.17, 15) is 27.6 Å². The van der Waals surface area contributed by atoms with Crippen LogP contribution in [0.3, 0.4) is 0 Å². The van der Waals surface area contributed by atoms with Gasteiger partial charge in [-0.05, 0) is 49.4 Å². The summed E-state index contributed by atoms with van der Waals surface area (Å²) in [6.07, 6.45) is 4.37. The molecular formula is C25H22F3N3O4. The lowest BCUT2D eigenvalue weighted by Crippen LogP contribution is -2.35. The van der Waals surface area contributed by atoms with Crippen LogP contribution in [0.15, 0.2) is 36.4 Å². The van der Waals surface area contributed by atoms with E-state index in [-0.39, 0.29) is 0 Å². The Morgan fingerprint density at radius 1 is 0.914 bits per heavy atom. The largest absolute Gasteiger partial charge is 0.452 e. The van der Waals surface area contributed by atoms with Crippen molar-refractivity contribution in [3.8, 4) is 0 Å². The quantitative estimate of drug-likeness (QED) is 0.314. The van der Waals surface area contributed by atoms with E-state index in [0.29, 0.717) is 29.0 Å². The van der Waals surface area contributed by atoms with E-state index in [1.165, 1.54) is 0 Å². The van der Waals surface area contributed by atoms with Gasteiger partial charge in [-0.15, -0.1) is 0 Å². The Morgan fingerprint density at radius 3 is 2.51 bits per heavy atom. The predicted octanol–water partition coefficient (Wildman–Crippen LogP) is 3.83. The highest BCUT2D eigenvalue weighted by atomic mass is 19.2. The number of benzene rings is 2. The third-order valence-electron chi connectivity index (χ3n) is 5.71. The maximum atomic E-state index is 13.7. The summed E-state index contributed by atoms with van der Waals surface area (Å²) in [5.41, 5.74) is 2.19. The Balaban J connectivity index is 1.38. The Labute approximate surface area is 198 Å². The minimum atomic E-state index is -1.72. The van der Waals surface area contributed by atoms with Gasteiger partial charge < -0.3 is 15.4 Å². The van der Waals surface area contributed by atoms with Crippen LogP contribution in [0.1, 0.15) is 40.9 Å². The predicted molar refractivity (Wildman–Crippen MR) is 121 cm³/mol. The molecule has 35 heavy (non-hydrogen) atoms. The zero-order valence-corrected chi connectivity index (χ0v) is 18.6. The van der Waals surface area contributed by atoms with E-state index < -0.39 is 54.1 Å². The Kier molecular flexibility index (Phi) is 7.28. The summed E-state index contributed by atoms with van der Waals surface area (Å²) in [6.45, 7) is -1.24. The number of ether oxygens (including phenoxy) is 1. The number of nitrogens with one attached hydrogen (secondary N) is 2. The van der Waals surface area contributed by atoms with Gasteiger partial charge in [-0.1, -0.05) is 24.6 Å². The van der Waals surface area contributed by atoms with Gasteiger partial charge in [0.1, 0.15) is 0 Å². The second kappa shape index (κ2) is 10.5. The highest BCUT2D eigenvalue weighted by molar-refractivity contribution is 6.05. The molecule has 0 atom stereocenters.